The Kier molecular flexibility index (Phi) is 7.28. The molecule has 3 aromatic rings. The highest BCUT2D eigenvalue weighted by molar-refractivity contribution is 9.10. The molecule has 1 saturated heterocycles. The second-order valence-electron chi connectivity index (χ2n) is 7.72. The lowest BCUT2D eigenvalue weighted by molar-refractivity contribution is -0.123. The van der Waals surface area contributed by atoms with E-state index in [0.717, 1.165) is 16.0 Å². The number of hydrogen-bond donors (Lipinski definition) is 1. The van der Waals surface area contributed by atoms with E-state index in [1.54, 1.807) is 12.1 Å². The summed E-state index contributed by atoms with van der Waals surface area (Å²) in [6.07, 6.45) is 1.50. The van der Waals surface area contributed by atoms with Gasteiger partial charge in [-0.25, -0.2) is 9.59 Å². The number of carbonyl (C=O) groups is 3. The third kappa shape index (κ3) is 5.58. The molecule has 1 aromatic heterocycles. The van der Waals surface area contributed by atoms with Gasteiger partial charge in [0.1, 0.15) is 23.8 Å². The predicted molar refractivity (Wildman–Crippen MR) is 132 cm³/mol. The summed E-state index contributed by atoms with van der Waals surface area (Å²) in [6.45, 7) is 2.14. The fraction of sp³-hybridized carbons (Fsp3) is 0.160. The maximum Gasteiger partial charge on any atom is 0.373 e. The molecular weight excluding hydrogens is 540 g/mol. The lowest BCUT2D eigenvalue weighted by Crippen LogP contribution is -2.30. The van der Waals surface area contributed by atoms with Crippen LogP contribution in [0.25, 0.3) is 6.08 Å². The average molecular weight is 560 g/mol. The molecule has 2 aromatic carbocycles. The Bertz CT molecular complexity index is 1350. The molecule has 0 aliphatic carbocycles. The molecule has 0 radical (unpaired) electrons. The molecule has 8 nitrogen and oxygen atoms in total. The molecular formula is C25H20BrClN2O6. The van der Waals surface area contributed by atoms with E-state index in [1.807, 2.05) is 31.2 Å². The van der Waals surface area contributed by atoms with Crippen LogP contribution in [0.3, 0.4) is 0 Å². The zero-order valence-corrected chi connectivity index (χ0v) is 21.1. The Hall–Kier alpha value is -3.56. The highest BCUT2D eigenvalue weighted by Gasteiger charge is 2.34. The highest BCUT2D eigenvalue weighted by atomic mass is 79.9. The molecule has 180 valence electrons. The molecule has 3 amide bonds. The number of nitrogens with one attached hydrogen (secondary N) is 1. The molecule has 0 saturated carbocycles. The summed E-state index contributed by atoms with van der Waals surface area (Å²) in [7, 11) is 1.23. The summed E-state index contributed by atoms with van der Waals surface area (Å²) in [6, 6.07) is 13.5. The van der Waals surface area contributed by atoms with E-state index in [0.29, 0.717) is 27.4 Å². The molecule has 4 rings (SSSR count). The first-order valence-electron chi connectivity index (χ1n) is 10.4. The third-order valence-electron chi connectivity index (χ3n) is 5.13. The summed E-state index contributed by atoms with van der Waals surface area (Å²) < 4.78 is 16.6. The van der Waals surface area contributed by atoms with E-state index in [9.17, 15) is 14.4 Å². The van der Waals surface area contributed by atoms with Crippen molar-refractivity contribution in [1.29, 1.82) is 0 Å². The smallest absolute Gasteiger partial charge is 0.373 e. The molecule has 0 atom stereocenters. The van der Waals surface area contributed by atoms with Gasteiger partial charge < -0.3 is 19.2 Å². The minimum atomic E-state index is -0.654. The number of amides is 3. The number of furan rings is 1. The van der Waals surface area contributed by atoms with E-state index in [-0.39, 0.29) is 23.8 Å². The summed E-state index contributed by atoms with van der Waals surface area (Å²) in [5.74, 6) is -0.518. The van der Waals surface area contributed by atoms with Gasteiger partial charge in [-0.2, -0.15) is 0 Å². The van der Waals surface area contributed by atoms with Gasteiger partial charge in [0.05, 0.1) is 18.1 Å². The van der Waals surface area contributed by atoms with E-state index < -0.39 is 17.9 Å². The fourth-order valence-electron chi connectivity index (χ4n) is 3.50. The number of imide groups is 1. The van der Waals surface area contributed by atoms with Crippen LogP contribution in [-0.4, -0.2) is 29.9 Å². The van der Waals surface area contributed by atoms with Crippen LogP contribution in [0, 0.1) is 6.92 Å². The van der Waals surface area contributed by atoms with Crippen LogP contribution in [0.15, 0.2) is 63.1 Å². The molecule has 0 spiro atoms. The molecule has 2 heterocycles. The first-order chi connectivity index (χ1) is 16.7. The normalized spacial score (nSPS) is 14.4. The van der Waals surface area contributed by atoms with Crippen molar-refractivity contribution in [3.8, 4) is 5.75 Å². The SMILES string of the molecule is COC(=O)c1ccc(CN2C(=O)N/C(=C\c3cc(Cl)cc(Br)c3OCc3cccc(C)c3)C2=O)o1. The van der Waals surface area contributed by atoms with Crippen molar-refractivity contribution in [2.24, 2.45) is 0 Å². The number of aryl methyl sites for hydroxylation is 1. The number of urea groups is 1. The highest BCUT2D eigenvalue weighted by Crippen LogP contribution is 2.35. The lowest BCUT2D eigenvalue weighted by atomic mass is 10.1. The maximum atomic E-state index is 13.0. The van der Waals surface area contributed by atoms with Gasteiger partial charge in [-0.3, -0.25) is 9.69 Å². The molecule has 1 aliphatic heterocycles. The Balaban J connectivity index is 1.57. The lowest BCUT2D eigenvalue weighted by Gasteiger charge is -2.13. The molecule has 1 N–H and O–H groups in total. The van der Waals surface area contributed by atoms with Crippen LogP contribution < -0.4 is 10.1 Å². The van der Waals surface area contributed by atoms with Crippen molar-refractivity contribution < 1.29 is 28.3 Å². The van der Waals surface area contributed by atoms with Crippen LogP contribution in [0.2, 0.25) is 5.02 Å². The van der Waals surface area contributed by atoms with Crippen molar-refractivity contribution >= 4 is 51.5 Å². The Labute approximate surface area is 214 Å². The monoisotopic (exact) mass is 558 g/mol. The van der Waals surface area contributed by atoms with Crippen LogP contribution in [0.4, 0.5) is 4.79 Å². The molecule has 1 aliphatic rings. The number of halogens is 2. The molecule has 10 heteroatoms. The minimum Gasteiger partial charge on any atom is -0.487 e. The van der Waals surface area contributed by atoms with Crippen molar-refractivity contribution in [3.63, 3.8) is 0 Å². The number of esters is 1. The molecule has 0 unspecified atom stereocenters. The molecule has 1 fully saturated rings. The number of hydrogen-bond acceptors (Lipinski definition) is 6. The van der Waals surface area contributed by atoms with Crippen LogP contribution in [0.5, 0.6) is 5.75 Å². The number of rotatable bonds is 7. The number of benzene rings is 2. The zero-order valence-electron chi connectivity index (χ0n) is 18.8. The minimum absolute atomic E-state index is 0.0236. The van der Waals surface area contributed by atoms with E-state index >= 15 is 0 Å². The van der Waals surface area contributed by atoms with Crippen LogP contribution >= 0.6 is 27.5 Å². The first kappa shape index (κ1) is 24.6. The summed E-state index contributed by atoms with van der Waals surface area (Å²) in [4.78, 5) is 38.0. The number of nitrogens with zero attached hydrogens (tertiary/aromatic N) is 1. The van der Waals surface area contributed by atoms with Gasteiger partial charge >= 0.3 is 12.0 Å². The van der Waals surface area contributed by atoms with Gasteiger partial charge in [0.25, 0.3) is 5.91 Å². The van der Waals surface area contributed by atoms with E-state index in [2.05, 4.69) is 26.0 Å². The Morgan fingerprint density at radius 2 is 2.00 bits per heavy atom. The van der Waals surface area contributed by atoms with Crippen molar-refractivity contribution in [3.05, 3.63) is 91.9 Å². The van der Waals surface area contributed by atoms with Gasteiger partial charge in [-0.15, -0.1) is 0 Å². The summed E-state index contributed by atoms with van der Waals surface area (Å²) in [5.41, 5.74) is 2.64. The first-order valence-corrected chi connectivity index (χ1v) is 11.6. The van der Waals surface area contributed by atoms with Gasteiger partial charge in [-0.05, 0) is 58.8 Å². The van der Waals surface area contributed by atoms with E-state index in [1.165, 1.54) is 25.3 Å². The predicted octanol–water partition coefficient (Wildman–Crippen LogP) is 5.46. The van der Waals surface area contributed by atoms with Gasteiger partial charge in [0.2, 0.25) is 5.76 Å². The van der Waals surface area contributed by atoms with Gasteiger partial charge in [-0.1, -0.05) is 41.4 Å². The van der Waals surface area contributed by atoms with Crippen molar-refractivity contribution in [2.45, 2.75) is 20.1 Å². The fourth-order valence-corrected chi connectivity index (χ4v) is 4.45. The summed E-state index contributed by atoms with van der Waals surface area (Å²) in [5, 5.41) is 2.98. The van der Waals surface area contributed by atoms with Crippen LogP contribution in [-0.2, 0) is 22.7 Å². The Morgan fingerprint density at radius 3 is 2.74 bits per heavy atom. The maximum absolute atomic E-state index is 13.0. The standard InChI is InChI=1S/C25H20BrClN2O6/c1-14-4-3-5-15(8-14)13-34-22-16(9-17(27)11-19(22)26)10-20-23(30)29(25(32)28-20)12-18-6-7-21(35-18)24(31)33-2/h3-11H,12-13H2,1-2H3,(H,28,32)/b20-10-. The quantitative estimate of drug-likeness (QED) is 0.234. The summed E-state index contributed by atoms with van der Waals surface area (Å²) >= 11 is 9.71. The number of ether oxygens (including phenoxy) is 2. The van der Waals surface area contributed by atoms with Gasteiger partial charge in [0, 0.05) is 10.6 Å². The zero-order chi connectivity index (χ0) is 25.1. The largest absolute Gasteiger partial charge is 0.487 e. The van der Waals surface area contributed by atoms with Crippen molar-refractivity contribution in [2.75, 3.05) is 7.11 Å². The van der Waals surface area contributed by atoms with E-state index in [4.69, 9.17) is 20.8 Å². The number of methoxy groups -OCH3 is 1. The Morgan fingerprint density at radius 1 is 1.20 bits per heavy atom. The second kappa shape index (κ2) is 10.4. The average Bonchev–Trinajstić information content (AvgIpc) is 3.38. The number of carbonyl (C=O) groups excluding carboxylic acids is 3. The molecule has 0 bridgehead atoms. The topological polar surface area (TPSA) is 98.1 Å². The van der Waals surface area contributed by atoms with Crippen molar-refractivity contribution in [1.82, 2.24) is 10.2 Å². The second-order valence-corrected chi connectivity index (χ2v) is 9.01. The van der Waals surface area contributed by atoms with Crippen LogP contribution in [0.1, 0.15) is 33.0 Å². The van der Waals surface area contributed by atoms with Gasteiger partial charge in [0.15, 0.2) is 0 Å². The molecule has 35 heavy (non-hydrogen) atoms. The third-order valence-corrected chi connectivity index (χ3v) is 5.93.